The van der Waals surface area contributed by atoms with E-state index in [1.165, 1.54) is 4.88 Å². The van der Waals surface area contributed by atoms with Crippen molar-refractivity contribution >= 4 is 47.6 Å². The Balaban J connectivity index is 1.30. The van der Waals surface area contributed by atoms with E-state index >= 15 is 0 Å². The lowest BCUT2D eigenvalue weighted by atomic mass is 10.1. The van der Waals surface area contributed by atoms with Gasteiger partial charge in [-0.3, -0.25) is 0 Å². The first-order chi connectivity index (χ1) is 22.6. The van der Waals surface area contributed by atoms with E-state index in [0.29, 0.717) is 34.8 Å². The zero-order chi connectivity index (χ0) is 33.4. The second-order valence-corrected chi connectivity index (χ2v) is 18.2. The summed E-state index contributed by atoms with van der Waals surface area (Å²) in [5.74, 6) is 2.52. The lowest BCUT2D eigenvalue weighted by molar-refractivity contribution is 0.278. The van der Waals surface area contributed by atoms with Crippen molar-refractivity contribution in [2.75, 3.05) is 19.5 Å². The first-order valence-corrected chi connectivity index (χ1v) is 19.8. The Bertz CT molecular complexity index is 1710. The van der Waals surface area contributed by atoms with Crippen molar-refractivity contribution in [2.45, 2.75) is 69.3 Å². The molecule has 0 saturated heterocycles. The van der Waals surface area contributed by atoms with Crippen LogP contribution in [0.2, 0.25) is 5.04 Å². The van der Waals surface area contributed by atoms with Crippen LogP contribution >= 0.6 is 23.1 Å². The lowest BCUT2D eigenvalue weighted by Crippen LogP contribution is -2.65. The Labute approximate surface area is 287 Å². The first-order valence-electron chi connectivity index (χ1n) is 16.0. The highest BCUT2D eigenvalue weighted by atomic mass is 32.2. The van der Waals surface area contributed by atoms with Crippen molar-refractivity contribution in [1.29, 1.82) is 0 Å². The van der Waals surface area contributed by atoms with Gasteiger partial charge in [-0.05, 0) is 59.8 Å². The Hall–Kier alpha value is -3.70. The molecule has 2 aromatic heterocycles. The van der Waals surface area contributed by atoms with E-state index in [4.69, 9.17) is 20.2 Å². The number of ether oxygens (including phenoxy) is 2. The molecule has 47 heavy (non-hydrogen) atoms. The molecule has 0 saturated carbocycles. The number of aryl methyl sites for hydroxylation is 2. The van der Waals surface area contributed by atoms with Crippen LogP contribution in [0.25, 0.3) is 10.6 Å². The number of thiazole rings is 1. The summed E-state index contributed by atoms with van der Waals surface area (Å²) in [5.41, 5.74) is 8.84. The topological polar surface area (TPSA) is 103 Å². The minimum atomic E-state index is -3.08. The monoisotopic (exact) mass is 684 g/mol. The van der Waals surface area contributed by atoms with Crippen LogP contribution in [0, 0.1) is 6.92 Å². The number of methoxy groups -OCH3 is 1. The lowest BCUT2D eigenvalue weighted by Gasteiger charge is -2.41. The van der Waals surface area contributed by atoms with Gasteiger partial charge in [-0.2, -0.15) is 0 Å². The smallest absolute Gasteiger partial charge is 0.258 e. The molecule has 0 aliphatic heterocycles. The molecule has 0 spiro atoms. The molecule has 0 bridgehead atoms. The summed E-state index contributed by atoms with van der Waals surface area (Å²) in [6, 6.07) is 28.1. The van der Waals surface area contributed by atoms with Gasteiger partial charge in [-0.25, -0.2) is 15.0 Å². The van der Waals surface area contributed by atoms with Gasteiger partial charge in [0.2, 0.25) is 0 Å². The number of rotatable bonds is 15. The van der Waals surface area contributed by atoms with Crippen LogP contribution < -0.4 is 25.6 Å². The van der Waals surface area contributed by atoms with Crippen LogP contribution in [0.5, 0.6) is 11.5 Å². The number of thioether (sulfide) groups is 1. The van der Waals surface area contributed by atoms with Gasteiger partial charge >= 0.3 is 0 Å². The fourth-order valence-electron chi connectivity index (χ4n) is 5.91. The van der Waals surface area contributed by atoms with E-state index in [9.17, 15) is 4.80 Å². The van der Waals surface area contributed by atoms with Crippen molar-refractivity contribution in [3.63, 3.8) is 0 Å². The molecule has 0 fully saturated rings. The fourth-order valence-corrected chi connectivity index (χ4v) is 11.8. The summed E-state index contributed by atoms with van der Waals surface area (Å²) >= 11 is 3.28. The number of hydrogen-bond acceptors (Lipinski definition) is 9. The maximum atomic E-state index is 12.5. The molecule has 246 valence electrons. The molecule has 3 N–H and O–H groups in total. The summed E-state index contributed by atoms with van der Waals surface area (Å²) in [6.07, 6.45) is 3.57. The summed E-state index contributed by atoms with van der Waals surface area (Å²) in [4.78, 5) is 27.7. The molecule has 0 aliphatic carbocycles. The fraction of sp³-hybridized carbons (Fsp3) is 0.324. The van der Waals surface area contributed by atoms with Crippen molar-refractivity contribution in [1.82, 2.24) is 15.0 Å². The Kier molecular flexibility index (Phi) is 11.4. The molecule has 10 heteroatoms. The molecule has 0 unspecified atom stereocenters. The second kappa shape index (κ2) is 15.5. The minimum absolute atomic E-state index is 0.342. The zero-order valence-electron chi connectivity index (χ0n) is 27.8. The third-order valence-electron chi connectivity index (χ3n) is 8.42. The first kappa shape index (κ1) is 34.6. The van der Waals surface area contributed by atoms with Gasteiger partial charge in [-0.1, -0.05) is 99.6 Å². The van der Waals surface area contributed by atoms with E-state index < -0.39 is 8.32 Å². The van der Waals surface area contributed by atoms with E-state index in [1.54, 1.807) is 36.3 Å². The highest BCUT2D eigenvalue weighted by molar-refractivity contribution is 7.98. The van der Waals surface area contributed by atoms with Crippen LogP contribution in [0.1, 0.15) is 56.3 Å². The van der Waals surface area contributed by atoms with Crippen molar-refractivity contribution in [2.24, 2.45) is 0 Å². The third kappa shape index (κ3) is 8.06. The van der Waals surface area contributed by atoms with Gasteiger partial charge in [-0.15, -0.1) is 11.3 Å². The van der Waals surface area contributed by atoms with E-state index in [2.05, 4.69) is 55.0 Å². The average Bonchev–Trinajstić information content (AvgIpc) is 3.48. The van der Waals surface area contributed by atoms with Crippen LogP contribution in [0.4, 0.5) is 5.82 Å². The molecule has 0 atom stereocenters. The van der Waals surface area contributed by atoms with Crippen LogP contribution in [-0.4, -0.2) is 41.8 Å². The summed E-state index contributed by atoms with van der Waals surface area (Å²) in [7, 11) is -1.42. The van der Waals surface area contributed by atoms with Crippen LogP contribution in [0.3, 0.4) is 0 Å². The number of aromatic nitrogens is 3. The average molecular weight is 685 g/mol. The normalized spacial score (nSPS) is 11.9. The SMILES string of the molecule is CCCc1sc(-c2ccc(OC)c(OCCCC(C)(C)[Si](O)(c3ccccc3)c3ccccc3)c2)nc1CSc1nc(C)cc(N)n1. The van der Waals surface area contributed by atoms with E-state index in [0.717, 1.165) is 58.0 Å². The molecule has 5 aromatic rings. The summed E-state index contributed by atoms with van der Waals surface area (Å²) in [6.45, 7) is 8.98. The maximum Gasteiger partial charge on any atom is 0.258 e. The van der Waals surface area contributed by atoms with Gasteiger partial charge < -0.3 is 20.0 Å². The van der Waals surface area contributed by atoms with E-state index in [1.807, 2.05) is 61.5 Å². The number of nitrogens with two attached hydrogens (primary N) is 1. The Morgan fingerprint density at radius 3 is 2.21 bits per heavy atom. The van der Waals surface area contributed by atoms with Crippen molar-refractivity contribution < 1.29 is 14.3 Å². The predicted molar refractivity (Wildman–Crippen MR) is 198 cm³/mol. The minimum Gasteiger partial charge on any atom is -0.493 e. The van der Waals surface area contributed by atoms with Gasteiger partial charge in [0.15, 0.2) is 16.7 Å². The molecule has 7 nitrogen and oxygen atoms in total. The molecule has 0 radical (unpaired) electrons. The highest BCUT2D eigenvalue weighted by Gasteiger charge is 2.49. The molecule has 3 aromatic carbocycles. The molecular weight excluding hydrogens is 641 g/mol. The van der Waals surface area contributed by atoms with Gasteiger partial charge in [0.25, 0.3) is 8.32 Å². The summed E-state index contributed by atoms with van der Waals surface area (Å²) in [5, 5.41) is 3.31. The second-order valence-electron chi connectivity index (χ2n) is 12.3. The predicted octanol–water partition coefficient (Wildman–Crippen LogP) is 7.44. The Morgan fingerprint density at radius 1 is 0.915 bits per heavy atom. The van der Waals surface area contributed by atoms with Gasteiger partial charge in [0, 0.05) is 28.0 Å². The Morgan fingerprint density at radius 2 is 1.60 bits per heavy atom. The zero-order valence-corrected chi connectivity index (χ0v) is 30.5. The standard InChI is InChI=1S/C37H44N4O3S2Si/c1-6-14-33-30(25-45-36-39-26(2)23-34(38)41-36)40-35(46-33)27-19-20-31(43-5)32(24-27)44-22-13-21-37(3,4)47(42,28-15-9-7-10-16-28)29-17-11-8-12-18-29/h7-12,15-20,23-24,42H,6,13-14,21-22,25H2,1-5H3,(H2,38,39,41). The third-order valence-corrected chi connectivity index (χ3v) is 15.0. The molecule has 0 amide bonds. The maximum absolute atomic E-state index is 12.5. The molecular formula is C37H44N4O3S2Si. The van der Waals surface area contributed by atoms with Crippen LogP contribution in [0.15, 0.2) is 90.1 Å². The van der Waals surface area contributed by atoms with Crippen molar-refractivity contribution in [3.8, 4) is 22.1 Å². The number of anilines is 1. The number of nitrogen functional groups attached to an aromatic ring is 1. The van der Waals surface area contributed by atoms with Crippen molar-refractivity contribution in [3.05, 3.63) is 101 Å². The number of hydrogen-bond donors (Lipinski definition) is 2. The van der Waals surface area contributed by atoms with Gasteiger partial charge in [0.05, 0.1) is 19.4 Å². The number of benzene rings is 3. The molecule has 0 aliphatic rings. The molecule has 5 rings (SSSR count). The highest BCUT2D eigenvalue weighted by Crippen LogP contribution is 2.41. The summed E-state index contributed by atoms with van der Waals surface area (Å²) < 4.78 is 12.1. The largest absolute Gasteiger partial charge is 0.493 e. The van der Waals surface area contributed by atoms with Gasteiger partial charge in [0.1, 0.15) is 10.8 Å². The quantitative estimate of drug-likeness (QED) is 0.0508. The number of nitrogens with zero attached hydrogens (tertiary/aromatic N) is 3. The molecule has 2 heterocycles. The van der Waals surface area contributed by atoms with Crippen LogP contribution in [-0.2, 0) is 12.2 Å². The van der Waals surface area contributed by atoms with E-state index in [-0.39, 0.29) is 5.04 Å².